The average Bonchev–Trinajstić information content (AvgIpc) is 3.01. The van der Waals surface area contributed by atoms with E-state index in [2.05, 4.69) is 25.9 Å². The highest BCUT2D eigenvalue weighted by Crippen LogP contribution is 2.37. The van der Waals surface area contributed by atoms with Gasteiger partial charge in [-0.3, -0.25) is 4.79 Å². The molecule has 2 N–H and O–H groups in total. The van der Waals surface area contributed by atoms with Crippen LogP contribution in [0.1, 0.15) is 15.9 Å². The van der Waals surface area contributed by atoms with Gasteiger partial charge in [-0.15, -0.1) is 0 Å². The third-order valence-electron chi connectivity index (χ3n) is 3.68. The summed E-state index contributed by atoms with van der Waals surface area (Å²) < 4.78 is 13.8. The lowest BCUT2D eigenvalue weighted by Crippen LogP contribution is -2.10. The number of hydrogen-bond acceptors (Lipinski definition) is 3. The van der Waals surface area contributed by atoms with Gasteiger partial charge in [0.25, 0.3) is 0 Å². The van der Waals surface area contributed by atoms with Gasteiger partial charge in [0, 0.05) is 10.9 Å². The summed E-state index contributed by atoms with van der Waals surface area (Å²) in [4.78, 5) is 19.5. The molecule has 1 aliphatic rings. The third kappa shape index (κ3) is 1.67. The Labute approximate surface area is 132 Å². The number of hydrogen-bond donors (Lipinski definition) is 2. The van der Waals surface area contributed by atoms with E-state index in [0.717, 1.165) is 0 Å². The number of rotatable bonds is 1. The Morgan fingerprint density at radius 2 is 1.95 bits per heavy atom. The van der Waals surface area contributed by atoms with Crippen LogP contribution in [0, 0.1) is 5.82 Å². The number of nitrogens with one attached hydrogen (secondary N) is 1. The van der Waals surface area contributed by atoms with E-state index in [1.165, 1.54) is 12.1 Å². The largest absolute Gasteiger partial charge is 0.494 e. The molecule has 0 unspecified atom stereocenters. The Bertz CT molecular complexity index is 991. The van der Waals surface area contributed by atoms with Crippen LogP contribution in [0.4, 0.5) is 10.1 Å². The van der Waals surface area contributed by atoms with Gasteiger partial charge in [-0.05, 0) is 40.2 Å². The lowest BCUT2D eigenvalue weighted by Gasteiger charge is -2.00. The van der Waals surface area contributed by atoms with Crippen LogP contribution in [0.2, 0.25) is 0 Å². The molecule has 3 aromatic rings. The topological polar surface area (TPSA) is 65.4 Å². The van der Waals surface area contributed by atoms with Gasteiger partial charge in [0.1, 0.15) is 11.5 Å². The monoisotopic (exact) mass is 358 g/mol. The average molecular weight is 359 g/mol. The van der Waals surface area contributed by atoms with Crippen LogP contribution >= 0.6 is 15.9 Å². The Morgan fingerprint density at radius 3 is 2.73 bits per heavy atom. The first kappa shape index (κ1) is 13.2. The van der Waals surface area contributed by atoms with E-state index in [1.807, 2.05) is 0 Å². The quantitative estimate of drug-likeness (QED) is 0.687. The van der Waals surface area contributed by atoms with E-state index in [4.69, 9.17) is 0 Å². The highest BCUT2D eigenvalue weighted by atomic mass is 79.9. The molecule has 1 aliphatic heterocycles. The molecule has 0 aliphatic carbocycles. The van der Waals surface area contributed by atoms with Crippen molar-refractivity contribution in [2.45, 2.75) is 0 Å². The number of carbonyl (C=O) groups excluding carboxylic acids is 1. The maximum atomic E-state index is 13.6. The van der Waals surface area contributed by atoms with Crippen LogP contribution in [-0.2, 0) is 0 Å². The van der Waals surface area contributed by atoms with Gasteiger partial charge in [-0.2, -0.15) is 0 Å². The number of aromatic amines is 1. The second-order valence-electron chi connectivity index (χ2n) is 4.94. The minimum absolute atomic E-state index is 0.156. The number of aromatic nitrogens is 1. The summed E-state index contributed by atoms with van der Waals surface area (Å²) in [7, 11) is 0. The Morgan fingerprint density at radius 1 is 1.18 bits per heavy atom. The van der Waals surface area contributed by atoms with E-state index in [9.17, 15) is 14.3 Å². The molecular weight excluding hydrogens is 351 g/mol. The zero-order chi connectivity index (χ0) is 15.4. The fourth-order valence-corrected chi connectivity index (χ4v) is 3.11. The summed E-state index contributed by atoms with van der Waals surface area (Å²) in [5, 5.41) is 10.7. The number of benzene rings is 2. The summed E-state index contributed by atoms with van der Waals surface area (Å²) in [5.41, 5.74) is 1.89. The van der Waals surface area contributed by atoms with Crippen molar-refractivity contribution in [2.24, 2.45) is 4.99 Å². The number of halogens is 2. The molecule has 0 saturated heterocycles. The summed E-state index contributed by atoms with van der Waals surface area (Å²) in [6, 6.07) is 9.77. The van der Waals surface area contributed by atoms with Crippen molar-refractivity contribution in [3.63, 3.8) is 0 Å². The minimum atomic E-state index is -0.455. The second kappa shape index (κ2) is 4.51. The molecule has 0 spiro atoms. The van der Waals surface area contributed by atoms with Crippen molar-refractivity contribution in [2.75, 3.05) is 0 Å². The number of nitrogens with zero attached hydrogens (tertiary/aromatic N) is 1. The molecule has 0 atom stereocenters. The summed E-state index contributed by atoms with van der Waals surface area (Å²) in [5.74, 6) is -0.920. The van der Waals surface area contributed by atoms with E-state index < -0.39 is 5.82 Å². The number of fused-ring (bicyclic) bond motifs is 2. The molecule has 0 saturated carbocycles. The molecule has 22 heavy (non-hydrogen) atoms. The fraction of sp³-hybridized carbons (Fsp3) is 0. The molecule has 0 amide bonds. The highest BCUT2D eigenvalue weighted by Gasteiger charge is 2.30. The minimum Gasteiger partial charge on any atom is -0.494 e. The van der Waals surface area contributed by atoms with Gasteiger partial charge in [-0.25, -0.2) is 9.38 Å². The standard InChI is InChI=1S/C16H8BrFN2O2/c17-12-9(18)6-5-8-11(16(22)20-13(8)12)14-15(21)7-3-1-2-4-10(7)19-14/h1-6,20,22H. The van der Waals surface area contributed by atoms with Crippen molar-refractivity contribution in [3.8, 4) is 5.88 Å². The molecule has 2 aromatic carbocycles. The maximum Gasteiger partial charge on any atom is 0.214 e. The SMILES string of the molecule is O=C1C(c2c(O)[nH]c3c(Br)c(F)ccc23)=Nc2ccccc21. The molecule has 4 rings (SSSR count). The third-order valence-corrected chi connectivity index (χ3v) is 4.45. The van der Waals surface area contributed by atoms with Crippen molar-refractivity contribution >= 4 is 44.0 Å². The van der Waals surface area contributed by atoms with Gasteiger partial charge in [0.2, 0.25) is 5.78 Å². The zero-order valence-electron chi connectivity index (χ0n) is 11.0. The van der Waals surface area contributed by atoms with Crippen LogP contribution in [0.15, 0.2) is 45.9 Å². The van der Waals surface area contributed by atoms with E-state index in [0.29, 0.717) is 22.2 Å². The lowest BCUT2D eigenvalue weighted by molar-refractivity contribution is 0.107. The van der Waals surface area contributed by atoms with Crippen LogP contribution in [0.25, 0.3) is 10.9 Å². The predicted molar refractivity (Wildman–Crippen MR) is 84.6 cm³/mol. The molecule has 4 nitrogen and oxygen atoms in total. The maximum absolute atomic E-state index is 13.6. The first-order valence-corrected chi connectivity index (χ1v) is 7.28. The molecule has 2 heterocycles. The Kier molecular flexibility index (Phi) is 2.71. The first-order chi connectivity index (χ1) is 10.6. The molecule has 108 valence electrons. The normalized spacial score (nSPS) is 13.5. The molecular formula is C16H8BrFN2O2. The van der Waals surface area contributed by atoms with E-state index in [1.54, 1.807) is 24.3 Å². The van der Waals surface area contributed by atoms with E-state index >= 15 is 0 Å². The number of H-pyrrole nitrogens is 1. The van der Waals surface area contributed by atoms with Crippen molar-refractivity contribution in [3.05, 3.63) is 57.8 Å². The van der Waals surface area contributed by atoms with Crippen LogP contribution in [0.3, 0.4) is 0 Å². The number of ketones is 1. The van der Waals surface area contributed by atoms with Crippen LogP contribution in [0.5, 0.6) is 5.88 Å². The number of aromatic hydroxyl groups is 1. The van der Waals surface area contributed by atoms with Crippen LogP contribution in [-0.4, -0.2) is 21.6 Å². The highest BCUT2D eigenvalue weighted by molar-refractivity contribution is 9.10. The van der Waals surface area contributed by atoms with Crippen molar-refractivity contribution in [1.29, 1.82) is 0 Å². The van der Waals surface area contributed by atoms with Gasteiger partial charge < -0.3 is 10.1 Å². The van der Waals surface area contributed by atoms with Gasteiger partial charge in [-0.1, -0.05) is 12.1 Å². The number of Topliss-reactive ketones (excluding diaryl/α,β-unsaturated/α-hetero) is 1. The summed E-state index contributed by atoms with van der Waals surface area (Å²) >= 11 is 3.14. The molecule has 6 heteroatoms. The predicted octanol–water partition coefficient (Wildman–Crippen LogP) is 4.09. The second-order valence-corrected chi connectivity index (χ2v) is 5.73. The molecule has 0 fully saturated rings. The van der Waals surface area contributed by atoms with Gasteiger partial charge >= 0.3 is 0 Å². The Hall–Kier alpha value is -2.47. The first-order valence-electron chi connectivity index (χ1n) is 6.49. The smallest absolute Gasteiger partial charge is 0.214 e. The molecule has 0 radical (unpaired) electrons. The zero-order valence-corrected chi connectivity index (χ0v) is 12.6. The van der Waals surface area contributed by atoms with E-state index in [-0.39, 0.29) is 27.4 Å². The fourth-order valence-electron chi connectivity index (χ4n) is 2.66. The number of carbonyl (C=O) groups is 1. The van der Waals surface area contributed by atoms with Crippen molar-refractivity contribution in [1.82, 2.24) is 4.98 Å². The lowest BCUT2D eigenvalue weighted by atomic mass is 10.0. The van der Waals surface area contributed by atoms with Gasteiger partial charge in [0.05, 0.1) is 21.2 Å². The number of aliphatic imine (C=N–C) groups is 1. The molecule has 1 aromatic heterocycles. The molecule has 0 bridgehead atoms. The summed E-state index contributed by atoms with van der Waals surface area (Å²) in [6.45, 7) is 0. The Balaban J connectivity index is 1.99. The number of para-hydroxylation sites is 1. The van der Waals surface area contributed by atoms with Gasteiger partial charge in [0.15, 0.2) is 5.88 Å². The van der Waals surface area contributed by atoms with Crippen LogP contribution < -0.4 is 0 Å². The summed E-state index contributed by atoms with van der Waals surface area (Å²) in [6.07, 6.45) is 0. The van der Waals surface area contributed by atoms with Crippen molar-refractivity contribution < 1.29 is 14.3 Å².